The van der Waals surface area contributed by atoms with Gasteiger partial charge < -0.3 is 5.11 Å². The van der Waals surface area contributed by atoms with Gasteiger partial charge in [-0.05, 0) is 26.8 Å². The lowest BCUT2D eigenvalue weighted by Gasteiger charge is -2.15. The minimum Gasteiger partial charge on any atom is -0.858 e. The van der Waals surface area contributed by atoms with Crippen molar-refractivity contribution in [1.82, 2.24) is 5.27 Å². The van der Waals surface area contributed by atoms with Gasteiger partial charge in [0.2, 0.25) is 5.27 Å². The number of aromatic nitrogens is 2. The van der Waals surface area contributed by atoms with Gasteiger partial charge >= 0.3 is 11.3 Å². The molecule has 0 saturated carbocycles. The number of rotatable bonds is 6. The van der Waals surface area contributed by atoms with Gasteiger partial charge in [0, 0.05) is 13.8 Å². The summed E-state index contributed by atoms with van der Waals surface area (Å²) in [6.07, 6.45) is 0. The van der Waals surface area contributed by atoms with Crippen molar-refractivity contribution in [3.05, 3.63) is 96.6 Å². The first kappa shape index (κ1) is 20.0. The fourth-order valence-corrected chi connectivity index (χ4v) is 5.64. The van der Waals surface area contributed by atoms with Crippen molar-refractivity contribution >= 4 is 35.7 Å². The Balaban J connectivity index is 1.92. The lowest BCUT2D eigenvalue weighted by Crippen LogP contribution is -2.52. The predicted molar refractivity (Wildman–Crippen MR) is 118 cm³/mol. The van der Waals surface area contributed by atoms with Gasteiger partial charge in [-0.2, -0.15) is 0 Å². The Morgan fingerprint density at radius 1 is 0.867 bits per heavy atom. The summed E-state index contributed by atoms with van der Waals surface area (Å²) in [6, 6.07) is 29.5. The quantitative estimate of drug-likeness (QED) is 0.211. The highest BCUT2D eigenvalue weighted by Crippen LogP contribution is 2.35. The van der Waals surface area contributed by atoms with Crippen molar-refractivity contribution in [2.45, 2.75) is 19.9 Å². The van der Waals surface area contributed by atoms with Crippen LogP contribution >= 0.6 is 7.92 Å². The van der Waals surface area contributed by atoms with Crippen molar-refractivity contribution in [2.24, 2.45) is 4.99 Å². The Labute approximate surface area is 177 Å². The highest BCUT2D eigenvalue weighted by molar-refractivity contribution is 7.79. The molecule has 30 heavy (non-hydrogen) atoms. The molecule has 6 heteroatoms. The average molecular weight is 415 g/mol. The molecule has 4 aromatic rings. The molecule has 0 fully saturated rings. The summed E-state index contributed by atoms with van der Waals surface area (Å²) in [5, 5.41) is 19.3. The van der Waals surface area contributed by atoms with Gasteiger partial charge in [-0.3, -0.25) is 4.52 Å². The van der Waals surface area contributed by atoms with Gasteiger partial charge in [-0.1, -0.05) is 91.0 Å². The summed E-state index contributed by atoms with van der Waals surface area (Å²) in [5.41, 5.74) is 1.33. The second-order valence-corrected chi connectivity index (χ2v) is 9.16. The first-order chi connectivity index (χ1) is 14.6. The van der Waals surface area contributed by atoms with Crippen LogP contribution < -0.4 is 25.8 Å². The molecular weight excluding hydrogens is 393 g/mol. The predicted octanol–water partition coefficient (Wildman–Crippen LogP) is 2.74. The molecule has 0 saturated heterocycles. The normalized spacial score (nSPS) is 11.9. The Kier molecular flexibility index (Phi) is 6.01. The number of hydrogen-bond acceptors (Lipinski definition) is 4. The fourth-order valence-electron chi connectivity index (χ4n) is 3.15. The van der Waals surface area contributed by atoms with E-state index < -0.39 is 7.92 Å². The second kappa shape index (κ2) is 9.02. The lowest BCUT2D eigenvalue weighted by atomic mass is 10.2. The molecule has 0 aliphatic rings. The number of hydrogen-bond donors (Lipinski definition) is 0. The minimum atomic E-state index is -1.02. The summed E-state index contributed by atoms with van der Waals surface area (Å²) in [7, 11) is -1.02. The molecule has 0 radical (unpaired) electrons. The zero-order valence-corrected chi connectivity index (χ0v) is 17.7. The highest BCUT2D eigenvalue weighted by atomic mass is 31.1. The van der Waals surface area contributed by atoms with Crippen molar-refractivity contribution < 1.29 is 14.3 Å². The van der Waals surface area contributed by atoms with Crippen LogP contribution in [-0.4, -0.2) is 11.2 Å². The van der Waals surface area contributed by atoms with E-state index in [2.05, 4.69) is 34.5 Å². The Bertz CT molecular complexity index is 1090. The third-order valence-corrected chi connectivity index (χ3v) is 7.03. The molecule has 0 N–H and O–H groups in total. The maximum absolute atomic E-state index is 12.8. The molecule has 0 unspecified atom stereocenters. The van der Waals surface area contributed by atoms with Gasteiger partial charge in [0.1, 0.15) is 0 Å². The van der Waals surface area contributed by atoms with Crippen LogP contribution in [0.1, 0.15) is 25.5 Å². The van der Waals surface area contributed by atoms with Crippen molar-refractivity contribution in [3.8, 4) is 0 Å². The highest BCUT2D eigenvalue weighted by Gasteiger charge is 2.36. The molecule has 0 bridgehead atoms. The Morgan fingerprint density at radius 2 is 1.37 bits per heavy atom. The summed E-state index contributed by atoms with van der Waals surface area (Å²) >= 11 is 0. The summed E-state index contributed by atoms with van der Waals surface area (Å²) < 4.78 is 7.45. The van der Waals surface area contributed by atoms with E-state index in [4.69, 9.17) is 4.52 Å². The van der Waals surface area contributed by atoms with Crippen molar-refractivity contribution in [1.29, 1.82) is 0 Å². The molecule has 0 aliphatic carbocycles. The van der Waals surface area contributed by atoms with Gasteiger partial charge in [0.05, 0.1) is 7.92 Å². The van der Waals surface area contributed by atoms with Crippen LogP contribution in [0.5, 0.6) is 0 Å². The van der Waals surface area contributed by atoms with Crippen molar-refractivity contribution in [2.75, 3.05) is 0 Å². The maximum atomic E-state index is 12.8. The monoisotopic (exact) mass is 415 g/mol. The van der Waals surface area contributed by atoms with E-state index in [1.165, 1.54) is 0 Å². The van der Waals surface area contributed by atoms with Crippen LogP contribution in [0.3, 0.4) is 0 Å². The van der Waals surface area contributed by atoms with E-state index in [9.17, 15) is 5.11 Å². The first-order valence-corrected chi connectivity index (χ1v) is 11.1. The summed E-state index contributed by atoms with van der Waals surface area (Å²) in [6.45, 7) is 4.08. The Hall–Kier alpha value is -3.30. The van der Waals surface area contributed by atoms with Gasteiger partial charge in [0.15, 0.2) is 6.04 Å². The van der Waals surface area contributed by atoms with E-state index in [1.54, 1.807) is 12.1 Å². The molecule has 5 nitrogen and oxygen atoms in total. The van der Waals surface area contributed by atoms with Crippen LogP contribution in [0, 0.1) is 0 Å². The number of benzene rings is 3. The lowest BCUT2D eigenvalue weighted by molar-refractivity contribution is -0.764. The SMILES string of the molecule is CC(C)[n+]1noc(/N=C(\[O-])c2ccccc2)c1P(c1ccccc1)c1ccccc1. The van der Waals surface area contributed by atoms with E-state index >= 15 is 0 Å². The molecule has 0 aliphatic heterocycles. The van der Waals surface area contributed by atoms with Crippen LogP contribution in [0.15, 0.2) is 101 Å². The Morgan fingerprint density at radius 3 is 1.87 bits per heavy atom. The molecule has 0 amide bonds. The minimum absolute atomic E-state index is 0.0527. The molecule has 1 heterocycles. The third-order valence-electron chi connectivity index (χ3n) is 4.58. The second-order valence-electron chi connectivity index (χ2n) is 7.03. The molecule has 150 valence electrons. The van der Waals surface area contributed by atoms with Gasteiger partial charge in [-0.25, -0.2) is 4.99 Å². The average Bonchev–Trinajstić information content (AvgIpc) is 3.19. The standard InChI is InChI=1S/C24H22N3O2P/c1-18(2)27-24(23(29-26-27)25-22(28)19-12-6-3-7-13-19)30(20-14-8-4-9-15-20)21-16-10-5-11-17-21/h3-18H,1-2H3. The molecule has 3 aromatic carbocycles. The van der Waals surface area contributed by atoms with Crippen LogP contribution in [0.25, 0.3) is 0 Å². The maximum Gasteiger partial charge on any atom is 0.329 e. The first-order valence-electron chi connectivity index (χ1n) is 9.78. The molecule has 0 spiro atoms. The van der Waals surface area contributed by atoms with Crippen molar-refractivity contribution in [3.63, 3.8) is 0 Å². The van der Waals surface area contributed by atoms with Gasteiger partial charge in [0.25, 0.3) is 0 Å². The van der Waals surface area contributed by atoms with E-state index in [0.29, 0.717) is 5.56 Å². The number of nitrogens with zero attached hydrogens (tertiary/aromatic N) is 3. The molecule has 4 rings (SSSR count). The molecule has 1 aromatic heterocycles. The zero-order valence-electron chi connectivity index (χ0n) is 16.8. The largest absolute Gasteiger partial charge is 0.858 e. The van der Waals surface area contributed by atoms with Gasteiger partial charge in [-0.15, -0.1) is 0 Å². The third kappa shape index (κ3) is 4.17. The fraction of sp³-hybridized carbons (Fsp3) is 0.125. The van der Waals surface area contributed by atoms with E-state index in [0.717, 1.165) is 16.0 Å². The van der Waals surface area contributed by atoms with Crippen LogP contribution in [0.2, 0.25) is 0 Å². The summed E-state index contributed by atoms with van der Waals surface area (Å²) in [4.78, 5) is 4.33. The van der Waals surface area contributed by atoms with Crippen LogP contribution in [-0.2, 0) is 0 Å². The zero-order chi connectivity index (χ0) is 20.9. The van der Waals surface area contributed by atoms with Crippen LogP contribution in [0.4, 0.5) is 5.88 Å². The van der Waals surface area contributed by atoms with E-state index in [1.807, 2.05) is 73.1 Å². The number of aliphatic imine (C=N–C) groups is 1. The topological polar surface area (TPSA) is 65.3 Å². The molecule has 0 atom stereocenters. The summed E-state index contributed by atoms with van der Waals surface area (Å²) in [5.74, 6) is -0.0867. The molecular formula is C24H22N3O2P. The smallest absolute Gasteiger partial charge is 0.329 e. The van der Waals surface area contributed by atoms with E-state index in [-0.39, 0.29) is 17.8 Å².